The molecule has 0 saturated heterocycles. The zero-order chi connectivity index (χ0) is 12.8. The van der Waals surface area contributed by atoms with Crippen LogP contribution in [-0.4, -0.2) is 42.8 Å². The van der Waals surface area contributed by atoms with Crippen LogP contribution in [0.2, 0.25) is 0 Å². The lowest BCUT2D eigenvalue weighted by molar-refractivity contribution is 0.293. The first-order chi connectivity index (χ1) is 7.30. The highest BCUT2D eigenvalue weighted by Gasteiger charge is 2.12. The standard InChI is InChI=1S/C3H6N6.C2H7O4P/c4-1-7-2(5)9-3(6)8-1;3-1-7(5,6)2-4/h(H6,4,5,6,7,8,9);3-4H,1-2H2,(H,5,6). The van der Waals surface area contributed by atoms with Crippen molar-refractivity contribution in [3.8, 4) is 0 Å². The second-order valence-corrected chi connectivity index (χ2v) is 4.80. The fourth-order valence-electron chi connectivity index (χ4n) is 0.472. The summed E-state index contributed by atoms with van der Waals surface area (Å²) in [6.07, 6.45) is -1.69. The topological polar surface area (TPSA) is 194 Å². The Morgan fingerprint density at radius 2 is 1.19 bits per heavy atom. The molecule has 0 aliphatic carbocycles. The molecule has 92 valence electrons. The molecule has 0 saturated carbocycles. The van der Waals surface area contributed by atoms with E-state index in [4.69, 9.17) is 32.3 Å². The normalized spacial score (nSPS) is 10.4. The fraction of sp³-hybridized carbons (Fsp3) is 0.400. The fourth-order valence-corrected chi connectivity index (χ4v) is 0.561. The third-order valence-electron chi connectivity index (χ3n) is 1.13. The molecule has 1 aromatic rings. The molecule has 0 atom stereocenters. The van der Waals surface area contributed by atoms with E-state index < -0.39 is 20.1 Å². The largest absolute Gasteiger partial charge is 0.386 e. The third-order valence-corrected chi connectivity index (χ3v) is 2.01. The van der Waals surface area contributed by atoms with Gasteiger partial charge in [-0.15, -0.1) is 0 Å². The van der Waals surface area contributed by atoms with Gasteiger partial charge in [0, 0.05) is 0 Å². The number of nitrogens with two attached hydrogens (primary N) is 3. The summed E-state index contributed by atoms with van der Waals surface area (Å²) in [5.74, 6) is 0.125. The predicted molar refractivity (Wildman–Crippen MR) is 57.1 cm³/mol. The van der Waals surface area contributed by atoms with Crippen LogP contribution in [0.4, 0.5) is 17.8 Å². The molecule has 1 aromatic heterocycles. The maximum Gasteiger partial charge on any atom is 0.249 e. The highest BCUT2D eigenvalue weighted by atomic mass is 31.2. The van der Waals surface area contributed by atoms with Crippen molar-refractivity contribution < 1.29 is 19.7 Å². The third kappa shape index (κ3) is 6.09. The molecule has 9 N–H and O–H groups in total. The Hall–Kier alpha value is -1.48. The van der Waals surface area contributed by atoms with Crippen molar-refractivity contribution in [2.75, 3.05) is 29.9 Å². The van der Waals surface area contributed by atoms with E-state index in [-0.39, 0.29) is 17.8 Å². The number of aliphatic hydroxyl groups is 2. The molecule has 16 heavy (non-hydrogen) atoms. The van der Waals surface area contributed by atoms with Crippen LogP contribution in [0.1, 0.15) is 0 Å². The summed E-state index contributed by atoms with van der Waals surface area (Å²) in [6, 6.07) is 0. The van der Waals surface area contributed by atoms with E-state index >= 15 is 0 Å². The molecule has 0 aliphatic heterocycles. The van der Waals surface area contributed by atoms with Crippen molar-refractivity contribution in [1.29, 1.82) is 0 Å². The van der Waals surface area contributed by atoms with Crippen molar-refractivity contribution in [1.82, 2.24) is 15.0 Å². The molecule has 10 nitrogen and oxygen atoms in total. The van der Waals surface area contributed by atoms with Gasteiger partial charge < -0.3 is 32.3 Å². The lowest BCUT2D eigenvalue weighted by Crippen LogP contribution is -2.05. The smallest absolute Gasteiger partial charge is 0.249 e. The molecule has 0 spiro atoms. The average Bonchev–Trinajstić information content (AvgIpc) is 2.16. The van der Waals surface area contributed by atoms with E-state index in [2.05, 4.69) is 15.0 Å². The van der Waals surface area contributed by atoms with Crippen LogP contribution < -0.4 is 17.2 Å². The van der Waals surface area contributed by atoms with Crippen molar-refractivity contribution in [3.05, 3.63) is 0 Å². The number of aliphatic hydroxyl groups excluding tert-OH is 2. The predicted octanol–water partition coefficient (Wildman–Crippen LogP) is -2.23. The molecular formula is C5H13N6O4P. The molecule has 1 rings (SSSR count). The zero-order valence-corrected chi connectivity index (χ0v) is 9.08. The van der Waals surface area contributed by atoms with Gasteiger partial charge in [-0.05, 0) is 0 Å². The minimum Gasteiger partial charge on any atom is -0.386 e. The Morgan fingerprint density at radius 1 is 0.938 bits per heavy atom. The first kappa shape index (κ1) is 14.5. The van der Waals surface area contributed by atoms with Crippen LogP contribution in [0.5, 0.6) is 0 Å². The molecule has 0 aliphatic rings. The summed E-state index contributed by atoms with van der Waals surface area (Å²) >= 11 is 0. The van der Waals surface area contributed by atoms with Gasteiger partial charge in [0.25, 0.3) is 0 Å². The van der Waals surface area contributed by atoms with Gasteiger partial charge in [0.2, 0.25) is 25.2 Å². The van der Waals surface area contributed by atoms with Crippen molar-refractivity contribution in [2.24, 2.45) is 0 Å². The second kappa shape index (κ2) is 6.18. The zero-order valence-electron chi connectivity index (χ0n) is 8.19. The van der Waals surface area contributed by atoms with Crippen LogP contribution in [-0.2, 0) is 4.57 Å². The minimum absolute atomic E-state index is 0.0417. The van der Waals surface area contributed by atoms with Gasteiger partial charge in [0.1, 0.15) is 12.7 Å². The molecular weight excluding hydrogens is 239 g/mol. The summed E-state index contributed by atoms with van der Waals surface area (Å²) in [5, 5.41) is 15.8. The Labute approximate surface area is 90.6 Å². The number of hydrogen-bond donors (Lipinski definition) is 6. The molecule has 0 bridgehead atoms. The quantitative estimate of drug-likeness (QED) is 0.313. The van der Waals surface area contributed by atoms with Gasteiger partial charge in [-0.1, -0.05) is 0 Å². The maximum atomic E-state index is 10.0. The van der Waals surface area contributed by atoms with Crippen LogP contribution in [0.3, 0.4) is 0 Å². The Balaban J connectivity index is 0.000000293. The van der Waals surface area contributed by atoms with E-state index in [0.29, 0.717) is 0 Å². The molecule has 0 unspecified atom stereocenters. The number of nitrogen functional groups attached to an aromatic ring is 3. The first-order valence-electron chi connectivity index (χ1n) is 3.86. The van der Waals surface area contributed by atoms with E-state index in [1.165, 1.54) is 0 Å². The van der Waals surface area contributed by atoms with Crippen LogP contribution >= 0.6 is 7.37 Å². The summed E-state index contributed by atoms with van der Waals surface area (Å²) < 4.78 is 10.0. The number of rotatable bonds is 2. The van der Waals surface area contributed by atoms with Crippen molar-refractivity contribution in [3.63, 3.8) is 0 Å². The van der Waals surface area contributed by atoms with Crippen LogP contribution in [0.25, 0.3) is 0 Å². The monoisotopic (exact) mass is 252 g/mol. The molecule has 11 heteroatoms. The van der Waals surface area contributed by atoms with Gasteiger partial charge in [0.05, 0.1) is 0 Å². The van der Waals surface area contributed by atoms with Crippen molar-refractivity contribution >= 4 is 25.2 Å². The molecule has 0 radical (unpaired) electrons. The summed E-state index contributed by atoms with van der Waals surface area (Å²) in [6.45, 7) is 0. The van der Waals surface area contributed by atoms with Crippen molar-refractivity contribution in [2.45, 2.75) is 0 Å². The lowest BCUT2D eigenvalue weighted by atomic mass is 10.9. The average molecular weight is 252 g/mol. The van der Waals surface area contributed by atoms with Gasteiger partial charge in [-0.2, -0.15) is 15.0 Å². The maximum absolute atomic E-state index is 10.0. The Bertz CT molecular complexity index is 329. The minimum atomic E-state index is -3.54. The number of anilines is 3. The second-order valence-electron chi connectivity index (χ2n) is 2.54. The number of aromatic nitrogens is 3. The Morgan fingerprint density at radius 3 is 1.31 bits per heavy atom. The SMILES string of the molecule is Nc1nc(N)nc(N)n1.O=P(O)(CO)CO. The van der Waals surface area contributed by atoms with Crippen LogP contribution in [0, 0.1) is 0 Å². The molecule has 0 amide bonds. The summed E-state index contributed by atoms with van der Waals surface area (Å²) in [5.41, 5.74) is 15.4. The lowest BCUT2D eigenvalue weighted by Gasteiger charge is -1.99. The first-order valence-corrected chi connectivity index (χ1v) is 5.89. The van der Waals surface area contributed by atoms with Gasteiger partial charge in [-0.25, -0.2) is 0 Å². The highest BCUT2D eigenvalue weighted by molar-refractivity contribution is 7.57. The van der Waals surface area contributed by atoms with Crippen LogP contribution in [0.15, 0.2) is 0 Å². The number of hydrogen-bond acceptors (Lipinski definition) is 9. The number of nitrogens with zero attached hydrogens (tertiary/aromatic N) is 3. The van der Waals surface area contributed by atoms with Gasteiger partial charge >= 0.3 is 0 Å². The van der Waals surface area contributed by atoms with E-state index in [0.717, 1.165) is 0 Å². The van der Waals surface area contributed by atoms with Gasteiger partial charge in [-0.3, -0.25) is 4.57 Å². The summed E-state index contributed by atoms with van der Waals surface area (Å²) in [4.78, 5) is 18.7. The molecule has 0 fully saturated rings. The highest BCUT2D eigenvalue weighted by Crippen LogP contribution is 2.36. The van der Waals surface area contributed by atoms with Gasteiger partial charge in [0.15, 0.2) is 0 Å². The van der Waals surface area contributed by atoms with E-state index in [9.17, 15) is 4.57 Å². The molecule has 1 heterocycles. The van der Waals surface area contributed by atoms with E-state index in [1.54, 1.807) is 0 Å². The molecule has 0 aromatic carbocycles. The van der Waals surface area contributed by atoms with E-state index in [1.807, 2.05) is 0 Å². The Kier molecular flexibility index (Phi) is 5.61. The summed E-state index contributed by atoms with van der Waals surface area (Å²) in [7, 11) is -3.54.